The molecule has 42 heavy (non-hydrogen) atoms. The zero-order valence-corrected chi connectivity index (χ0v) is 25.1. The van der Waals surface area contributed by atoms with E-state index in [0.717, 1.165) is 37.0 Å². The summed E-state index contributed by atoms with van der Waals surface area (Å²) in [5.74, 6) is 5.48. The first kappa shape index (κ1) is 33.3. The van der Waals surface area contributed by atoms with Crippen LogP contribution in [0.15, 0.2) is 60.7 Å². The van der Waals surface area contributed by atoms with Gasteiger partial charge in [-0.3, -0.25) is 9.59 Å². The second-order valence-electron chi connectivity index (χ2n) is 11.2. The molecule has 1 saturated carbocycles. The molecule has 0 saturated heterocycles. The maximum atomic E-state index is 13.6. The molecule has 5 atom stereocenters. The van der Waals surface area contributed by atoms with Crippen molar-refractivity contribution < 1.29 is 19.8 Å². The van der Waals surface area contributed by atoms with Crippen LogP contribution in [0.3, 0.4) is 0 Å². The lowest BCUT2D eigenvalue weighted by atomic mass is 9.82. The van der Waals surface area contributed by atoms with Gasteiger partial charge in [0.05, 0.1) is 18.1 Å². The molecular formula is C35H44N2O4S. The van der Waals surface area contributed by atoms with Gasteiger partial charge in [-0.15, -0.1) is 24.7 Å². The smallest absolute Gasteiger partial charge is 0.243 e. The number of hydrogen-bond acceptors (Lipinski definition) is 5. The summed E-state index contributed by atoms with van der Waals surface area (Å²) in [4.78, 5) is 27.2. The Balaban J connectivity index is 1.70. The van der Waals surface area contributed by atoms with Crippen molar-refractivity contribution in [1.29, 1.82) is 0 Å². The van der Waals surface area contributed by atoms with Gasteiger partial charge in [0, 0.05) is 24.3 Å². The molecule has 6 nitrogen and oxygen atoms in total. The second-order valence-corrected chi connectivity index (χ2v) is 12.2. The van der Waals surface area contributed by atoms with Crippen molar-refractivity contribution in [2.75, 3.05) is 5.75 Å². The van der Waals surface area contributed by atoms with E-state index in [0.29, 0.717) is 24.5 Å². The van der Waals surface area contributed by atoms with Crippen molar-refractivity contribution in [2.45, 2.75) is 87.8 Å². The van der Waals surface area contributed by atoms with Crippen molar-refractivity contribution in [2.24, 2.45) is 11.8 Å². The fourth-order valence-electron chi connectivity index (χ4n) is 5.49. The van der Waals surface area contributed by atoms with Gasteiger partial charge in [0.2, 0.25) is 11.8 Å². The van der Waals surface area contributed by atoms with Gasteiger partial charge in [0.25, 0.3) is 0 Å². The number of carbonyl (C=O) groups is 2. The van der Waals surface area contributed by atoms with E-state index in [-0.39, 0.29) is 24.7 Å². The SMILES string of the molecule is C#CC[C@H](NC(=O)[C@@H](CSCc1ccccc1)Cc1ccccc1)C(=O)N[C@@H](CC1CCCCC1)[C@@H](O)[C@@H](O)CC#C. The number of carbonyl (C=O) groups excluding carboxylic acids is 2. The number of amides is 2. The van der Waals surface area contributed by atoms with Gasteiger partial charge in [-0.25, -0.2) is 0 Å². The van der Waals surface area contributed by atoms with Crippen molar-refractivity contribution >= 4 is 23.6 Å². The summed E-state index contributed by atoms with van der Waals surface area (Å²) < 4.78 is 0. The number of nitrogens with one attached hydrogen (secondary N) is 2. The Labute approximate surface area is 255 Å². The van der Waals surface area contributed by atoms with Crippen LogP contribution in [0.5, 0.6) is 0 Å². The van der Waals surface area contributed by atoms with E-state index in [1.54, 1.807) is 11.8 Å². The topological polar surface area (TPSA) is 98.7 Å². The zero-order valence-electron chi connectivity index (χ0n) is 24.3. The van der Waals surface area contributed by atoms with E-state index in [2.05, 4.69) is 34.6 Å². The van der Waals surface area contributed by atoms with Gasteiger partial charge in [0.15, 0.2) is 0 Å². The van der Waals surface area contributed by atoms with Crippen molar-refractivity contribution in [3.8, 4) is 24.7 Å². The second kappa shape index (κ2) is 18.3. The fraction of sp³-hybridized carbons (Fsp3) is 0.486. The van der Waals surface area contributed by atoms with Gasteiger partial charge in [-0.05, 0) is 29.9 Å². The third-order valence-corrected chi connectivity index (χ3v) is 9.03. The number of hydrogen-bond donors (Lipinski definition) is 4. The van der Waals surface area contributed by atoms with Crippen molar-refractivity contribution in [3.05, 3.63) is 71.8 Å². The monoisotopic (exact) mass is 588 g/mol. The number of aliphatic hydroxyl groups is 2. The molecule has 224 valence electrons. The molecule has 4 N–H and O–H groups in total. The Hall–Kier alpha value is -3.23. The number of thioether (sulfide) groups is 1. The number of terminal acetylenes is 2. The summed E-state index contributed by atoms with van der Waals surface area (Å²) in [6.07, 6.45) is 15.0. The van der Waals surface area contributed by atoms with Crippen LogP contribution < -0.4 is 10.6 Å². The fourth-order valence-corrected chi connectivity index (χ4v) is 6.59. The minimum atomic E-state index is -1.23. The van der Waals surface area contributed by atoms with E-state index in [9.17, 15) is 19.8 Å². The number of rotatable bonds is 16. The highest BCUT2D eigenvalue weighted by Gasteiger charge is 2.33. The quantitative estimate of drug-likeness (QED) is 0.217. The maximum Gasteiger partial charge on any atom is 0.243 e. The largest absolute Gasteiger partial charge is 0.389 e. The predicted molar refractivity (Wildman–Crippen MR) is 170 cm³/mol. The van der Waals surface area contributed by atoms with Gasteiger partial charge in [0.1, 0.15) is 12.1 Å². The van der Waals surface area contributed by atoms with E-state index < -0.39 is 30.2 Å². The summed E-state index contributed by atoms with van der Waals surface area (Å²) in [6, 6.07) is 18.2. The number of aliphatic hydroxyl groups excluding tert-OH is 2. The first-order valence-electron chi connectivity index (χ1n) is 14.9. The van der Waals surface area contributed by atoms with Crippen molar-refractivity contribution in [3.63, 3.8) is 0 Å². The van der Waals surface area contributed by atoms with Crippen LogP contribution in [0.4, 0.5) is 0 Å². The minimum Gasteiger partial charge on any atom is -0.389 e. The lowest BCUT2D eigenvalue weighted by Crippen LogP contribution is -2.55. The molecule has 1 aliphatic rings. The molecule has 2 amide bonds. The standard InChI is InChI=1S/C35H44N2O4S/c1-3-14-30(35(41)37-31(33(39)32(38)15-4-2)23-27-18-10-6-11-19-27)36-34(40)29(22-26-16-8-5-9-17-26)25-42-24-28-20-12-7-13-21-28/h1-2,5,7-9,12-13,16-17,20-21,27,29-33,38-39H,6,10-11,14-15,18-19,22-25H2,(H,36,40)(H,37,41)/t29-,30+,31+,32+,33-/m1/s1. The molecule has 1 aliphatic carbocycles. The summed E-state index contributed by atoms with van der Waals surface area (Å²) in [5.41, 5.74) is 2.22. The van der Waals surface area contributed by atoms with Crippen molar-refractivity contribution in [1.82, 2.24) is 10.6 Å². The summed E-state index contributed by atoms with van der Waals surface area (Å²) >= 11 is 1.67. The Morgan fingerprint density at radius 1 is 0.857 bits per heavy atom. The zero-order chi connectivity index (χ0) is 30.2. The van der Waals surface area contributed by atoms with Gasteiger partial charge in [-0.2, -0.15) is 11.8 Å². The molecule has 0 heterocycles. The van der Waals surface area contributed by atoms with Gasteiger partial charge < -0.3 is 20.8 Å². The highest BCUT2D eigenvalue weighted by atomic mass is 32.2. The van der Waals surface area contributed by atoms with Crippen LogP contribution in [0.1, 0.15) is 62.5 Å². The van der Waals surface area contributed by atoms with E-state index in [4.69, 9.17) is 12.8 Å². The average Bonchev–Trinajstić information content (AvgIpc) is 3.01. The highest BCUT2D eigenvalue weighted by Crippen LogP contribution is 2.29. The van der Waals surface area contributed by atoms with Crippen LogP contribution in [-0.4, -0.2) is 52.1 Å². The molecule has 0 spiro atoms. The molecule has 2 aromatic carbocycles. The molecule has 2 aromatic rings. The Bertz CT molecular complexity index is 1170. The Kier molecular flexibility index (Phi) is 14.5. The first-order chi connectivity index (χ1) is 20.4. The summed E-state index contributed by atoms with van der Waals surface area (Å²) in [6.45, 7) is 0. The molecule has 0 unspecified atom stereocenters. The van der Waals surface area contributed by atoms with E-state index in [1.807, 2.05) is 48.5 Å². The predicted octanol–water partition coefficient (Wildman–Crippen LogP) is 4.49. The molecule has 0 bridgehead atoms. The molecule has 0 aromatic heterocycles. The molecular weight excluding hydrogens is 544 g/mol. The third-order valence-electron chi connectivity index (χ3n) is 7.85. The molecule has 3 rings (SSSR count). The van der Waals surface area contributed by atoms with Gasteiger partial charge >= 0.3 is 0 Å². The number of benzene rings is 2. The van der Waals surface area contributed by atoms with Crippen LogP contribution in [0, 0.1) is 36.5 Å². The first-order valence-corrected chi connectivity index (χ1v) is 16.1. The molecule has 7 heteroatoms. The minimum absolute atomic E-state index is 0.00589. The van der Waals surface area contributed by atoms with Gasteiger partial charge in [-0.1, -0.05) is 92.8 Å². The maximum absolute atomic E-state index is 13.6. The van der Waals surface area contributed by atoms with Crippen LogP contribution >= 0.6 is 11.8 Å². The Morgan fingerprint density at radius 2 is 1.48 bits per heavy atom. The third kappa shape index (κ3) is 11.2. The van der Waals surface area contributed by atoms with Crippen LogP contribution in [0.25, 0.3) is 0 Å². The van der Waals surface area contributed by atoms with E-state index in [1.165, 1.54) is 12.0 Å². The highest BCUT2D eigenvalue weighted by molar-refractivity contribution is 7.98. The van der Waals surface area contributed by atoms with E-state index >= 15 is 0 Å². The normalized spacial score (nSPS) is 17.0. The molecule has 0 aliphatic heterocycles. The molecule has 1 fully saturated rings. The Morgan fingerprint density at radius 3 is 2.10 bits per heavy atom. The van der Waals surface area contributed by atoms with Crippen LogP contribution in [0.2, 0.25) is 0 Å². The van der Waals surface area contributed by atoms with Crippen LogP contribution in [-0.2, 0) is 21.8 Å². The average molecular weight is 589 g/mol. The lowest BCUT2D eigenvalue weighted by Gasteiger charge is -2.33. The molecule has 0 radical (unpaired) electrons. The lowest BCUT2D eigenvalue weighted by molar-refractivity contribution is -0.132. The summed E-state index contributed by atoms with van der Waals surface area (Å²) in [7, 11) is 0. The summed E-state index contributed by atoms with van der Waals surface area (Å²) in [5, 5.41) is 27.2.